The van der Waals surface area contributed by atoms with Crippen LogP contribution < -0.4 is 0 Å². The fourth-order valence-electron chi connectivity index (χ4n) is 3.39. The number of aliphatic hydroxyl groups is 2. The van der Waals surface area contributed by atoms with E-state index in [9.17, 15) is 15.0 Å². The van der Waals surface area contributed by atoms with Gasteiger partial charge in [-0.15, -0.1) is 0 Å². The molecule has 1 aliphatic heterocycles. The first-order chi connectivity index (χ1) is 11.6. The van der Waals surface area contributed by atoms with E-state index < -0.39 is 11.5 Å². The molecular formula is C17H29N3O4. The zero-order valence-corrected chi connectivity index (χ0v) is 14.4. The van der Waals surface area contributed by atoms with Crippen LogP contribution in [0.5, 0.6) is 0 Å². The summed E-state index contributed by atoms with van der Waals surface area (Å²) in [6, 6.07) is 1.86. The molecule has 0 saturated carbocycles. The summed E-state index contributed by atoms with van der Waals surface area (Å²) < 4.78 is 6.88. The molecule has 0 aliphatic carbocycles. The molecule has 0 spiro atoms. The molecule has 2 N–H and O–H groups in total. The maximum Gasteiger partial charge on any atom is 0.222 e. The summed E-state index contributed by atoms with van der Waals surface area (Å²) in [5.74, 6) is 0.0821. The third-order valence-corrected chi connectivity index (χ3v) is 4.91. The molecule has 1 saturated heterocycles. The number of methoxy groups -OCH3 is 1. The van der Waals surface area contributed by atoms with E-state index in [0.717, 1.165) is 12.8 Å². The first-order valence-electron chi connectivity index (χ1n) is 8.64. The topological polar surface area (TPSA) is 87.8 Å². The van der Waals surface area contributed by atoms with Crippen LogP contribution in [-0.2, 0) is 16.1 Å². The summed E-state index contributed by atoms with van der Waals surface area (Å²) in [7, 11) is 1.64. The average molecular weight is 339 g/mol. The molecular weight excluding hydrogens is 310 g/mol. The van der Waals surface area contributed by atoms with Crippen LogP contribution in [0, 0.1) is 5.41 Å². The van der Waals surface area contributed by atoms with E-state index >= 15 is 0 Å². The minimum absolute atomic E-state index is 0.0821. The van der Waals surface area contributed by atoms with Gasteiger partial charge in [-0.25, -0.2) is 0 Å². The lowest BCUT2D eigenvalue weighted by Crippen LogP contribution is -2.55. The lowest BCUT2D eigenvalue weighted by molar-refractivity contribution is -0.143. The highest BCUT2D eigenvalue weighted by atomic mass is 16.5. The number of amides is 1. The van der Waals surface area contributed by atoms with Gasteiger partial charge in [0.05, 0.1) is 12.7 Å². The Bertz CT molecular complexity index is 494. The number of piperidine rings is 1. The number of carbonyl (C=O) groups excluding carboxylic acids is 1. The fraction of sp³-hybridized carbons (Fsp3) is 0.765. The van der Waals surface area contributed by atoms with Crippen LogP contribution in [0.1, 0.15) is 32.1 Å². The largest absolute Gasteiger partial charge is 0.396 e. The Morgan fingerprint density at radius 1 is 1.46 bits per heavy atom. The summed E-state index contributed by atoms with van der Waals surface area (Å²) in [6.45, 7) is 2.15. The van der Waals surface area contributed by atoms with Gasteiger partial charge in [0.25, 0.3) is 0 Å². The van der Waals surface area contributed by atoms with Crippen LogP contribution in [0.3, 0.4) is 0 Å². The minimum atomic E-state index is -0.631. The molecule has 2 heterocycles. The van der Waals surface area contributed by atoms with Crippen molar-refractivity contribution in [3.05, 3.63) is 18.5 Å². The van der Waals surface area contributed by atoms with Gasteiger partial charge in [-0.1, -0.05) is 0 Å². The summed E-state index contributed by atoms with van der Waals surface area (Å²) in [4.78, 5) is 14.3. The van der Waals surface area contributed by atoms with E-state index in [1.807, 2.05) is 16.9 Å². The van der Waals surface area contributed by atoms with Crippen LogP contribution >= 0.6 is 0 Å². The highest BCUT2D eigenvalue weighted by molar-refractivity contribution is 5.76. The fourth-order valence-corrected chi connectivity index (χ4v) is 3.39. The van der Waals surface area contributed by atoms with E-state index in [-0.39, 0.29) is 12.5 Å². The Labute approximate surface area is 143 Å². The third kappa shape index (κ3) is 4.78. The van der Waals surface area contributed by atoms with Gasteiger partial charge in [0, 0.05) is 57.6 Å². The molecule has 1 aromatic rings. The monoisotopic (exact) mass is 339 g/mol. The molecule has 1 aliphatic rings. The number of nitrogens with zero attached hydrogens (tertiary/aromatic N) is 3. The Hall–Kier alpha value is -1.44. The van der Waals surface area contributed by atoms with E-state index in [4.69, 9.17) is 4.74 Å². The average Bonchev–Trinajstić information content (AvgIpc) is 3.10. The molecule has 0 radical (unpaired) electrons. The number of rotatable bonds is 9. The Morgan fingerprint density at radius 2 is 2.29 bits per heavy atom. The van der Waals surface area contributed by atoms with Crippen LogP contribution in [-0.4, -0.2) is 70.3 Å². The van der Waals surface area contributed by atoms with Crippen molar-refractivity contribution in [1.82, 2.24) is 14.7 Å². The van der Waals surface area contributed by atoms with Crippen molar-refractivity contribution in [1.29, 1.82) is 0 Å². The number of aromatic nitrogens is 2. The predicted molar refractivity (Wildman–Crippen MR) is 89.3 cm³/mol. The molecule has 1 fully saturated rings. The summed E-state index contributed by atoms with van der Waals surface area (Å²) in [5, 5.41) is 24.4. The van der Waals surface area contributed by atoms with Crippen molar-refractivity contribution in [3.63, 3.8) is 0 Å². The zero-order chi connectivity index (χ0) is 17.4. The second-order valence-electron chi connectivity index (χ2n) is 6.61. The number of hydrogen-bond donors (Lipinski definition) is 2. The lowest BCUT2D eigenvalue weighted by Gasteiger charge is -2.45. The van der Waals surface area contributed by atoms with Gasteiger partial charge >= 0.3 is 0 Å². The highest BCUT2D eigenvalue weighted by Gasteiger charge is 2.43. The standard InChI is InChI=1S/C17H29N3O4/c1-24-12-3-7-17(14-21)13-19(11-6-15(17)22)16(23)5-2-9-20-10-4-8-18-20/h4,8,10,15,21-22H,2-3,5-7,9,11-14H2,1H3/t15-,17+/m1/s1. The highest BCUT2D eigenvalue weighted by Crippen LogP contribution is 2.35. The molecule has 2 rings (SSSR count). The third-order valence-electron chi connectivity index (χ3n) is 4.91. The van der Waals surface area contributed by atoms with Crippen molar-refractivity contribution >= 4 is 5.91 Å². The number of ether oxygens (including phenoxy) is 1. The van der Waals surface area contributed by atoms with Crippen LogP contribution in [0.4, 0.5) is 0 Å². The van der Waals surface area contributed by atoms with Crippen LogP contribution in [0.2, 0.25) is 0 Å². The van der Waals surface area contributed by atoms with Crippen LogP contribution in [0.25, 0.3) is 0 Å². The van der Waals surface area contributed by atoms with Crippen molar-refractivity contribution in [2.45, 2.75) is 44.8 Å². The minimum Gasteiger partial charge on any atom is -0.396 e. The number of carbonyl (C=O) groups is 1. The molecule has 7 nitrogen and oxygen atoms in total. The van der Waals surface area contributed by atoms with Gasteiger partial charge < -0.3 is 19.8 Å². The maximum atomic E-state index is 12.5. The quantitative estimate of drug-likeness (QED) is 0.646. The molecule has 0 unspecified atom stereocenters. The molecule has 2 atom stereocenters. The van der Waals surface area contributed by atoms with Gasteiger partial charge in [-0.2, -0.15) is 5.10 Å². The number of likely N-dealkylation sites (tertiary alicyclic amines) is 1. The number of aliphatic hydroxyl groups excluding tert-OH is 2. The number of hydrogen-bond acceptors (Lipinski definition) is 5. The van der Waals surface area contributed by atoms with Gasteiger partial charge in [-0.05, 0) is 31.7 Å². The lowest BCUT2D eigenvalue weighted by atomic mass is 9.74. The predicted octanol–water partition coefficient (Wildman–Crippen LogP) is 0.662. The van der Waals surface area contributed by atoms with Crippen molar-refractivity contribution < 1.29 is 19.7 Å². The van der Waals surface area contributed by atoms with E-state index in [0.29, 0.717) is 45.5 Å². The van der Waals surface area contributed by atoms with E-state index in [1.54, 1.807) is 18.2 Å². The molecule has 1 aromatic heterocycles. The van der Waals surface area contributed by atoms with Crippen molar-refractivity contribution in [2.24, 2.45) is 5.41 Å². The first-order valence-corrected chi connectivity index (χ1v) is 8.64. The molecule has 7 heteroatoms. The number of aryl methyl sites for hydroxylation is 1. The van der Waals surface area contributed by atoms with Gasteiger partial charge in [0.2, 0.25) is 5.91 Å². The molecule has 0 aromatic carbocycles. The van der Waals surface area contributed by atoms with Gasteiger partial charge in [-0.3, -0.25) is 9.48 Å². The van der Waals surface area contributed by atoms with Crippen LogP contribution in [0.15, 0.2) is 18.5 Å². The van der Waals surface area contributed by atoms with E-state index in [1.165, 1.54) is 0 Å². The summed E-state index contributed by atoms with van der Waals surface area (Å²) in [5.41, 5.74) is -0.631. The van der Waals surface area contributed by atoms with Gasteiger partial charge in [0.15, 0.2) is 0 Å². The van der Waals surface area contributed by atoms with Crippen molar-refractivity contribution in [2.75, 3.05) is 33.4 Å². The SMILES string of the molecule is COCCC[C@@]1(CO)CN(C(=O)CCCn2cccn2)CC[C@H]1O. The molecule has 136 valence electrons. The normalized spacial score (nSPS) is 24.3. The Balaban J connectivity index is 1.86. The molecule has 1 amide bonds. The zero-order valence-electron chi connectivity index (χ0n) is 14.4. The Morgan fingerprint density at radius 3 is 2.96 bits per heavy atom. The van der Waals surface area contributed by atoms with E-state index in [2.05, 4.69) is 5.10 Å². The summed E-state index contributed by atoms with van der Waals surface area (Å²) in [6.07, 6.45) is 6.14. The first kappa shape index (κ1) is 18.9. The molecule has 24 heavy (non-hydrogen) atoms. The van der Waals surface area contributed by atoms with Crippen molar-refractivity contribution in [3.8, 4) is 0 Å². The smallest absolute Gasteiger partial charge is 0.222 e. The second-order valence-corrected chi connectivity index (χ2v) is 6.61. The second kappa shape index (κ2) is 9.15. The molecule has 0 bridgehead atoms. The maximum absolute atomic E-state index is 12.5. The van der Waals surface area contributed by atoms with Gasteiger partial charge in [0.1, 0.15) is 0 Å². The Kier molecular flexibility index (Phi) is 7.20. The summed E-state index contributed by atoms with van der Waals surface area (Å²) >= 11 is 0.